The van der Waals surface area contributed by atoms with Crippen LogP contribution in [0.25, 0.3) is 55.3 Å². The Bertz CT molecular complexity index is 3110. The maximum atomic E-state index is 10.7. The van der Waals surface area contributed by atoms with Crippen LogP contribution < -0.4 is 14.2 Å². The van der Waals surface area contributed by atoms with E-state index in [0.29, 0.717) is 60.4 Å². The molecule has 0 radical (unpaired) electrons. The summed E-state index contributed by atoms with van der Waals surface area (Å²) in [6.45, 7) is 0.249. The normalized spacial score (nSPS) is 10.3. The first-order chi connectivity index (χ1) is 32.1. The van der Waals surface area contributed by atoms with Crippen LogP contribution in [0.2, 0.25) is 0 Å². The Morgan fingerprint density at radius 3 is 1.36 bits per heavy atom. The Hall–Kier alpha value is -9.68. The second kappa shape index (κ2) is 22.4. The van der Waals surface area contributed by atoms with Crippen LogP contribution in [0.15, 0.2) is 97.1 Å². The number of aromatic amines is 3. The number of carboxylic acids is 3. The second-order valence-corrected chi connectivity index (χ2v) is 13.6. The minimum Gasteiger partial charge on any atom is -0.494 e. The molecule has 0 unspecified atom stereocenters. The smallest absolute Gasteiger partial charge is 0.341 e. The van der Waals surface area contributed by atoms with Crippen LogP contribution in [0.1, 0.15) is 42.8 Å². The maximum absolute atomic E-state index is 10.7. The van der Waals surface area contributed by atoms with Crippen molar-refractivity contribution < 1.29 is 43.9 Å². The van der Waals surface area contributed by atoms with E-state index in [2.05, 4.69) is 46.2 Å². The standard InChI is InChI=1S/C17H14N4O3.C15H10N4O3.C13H12N4O3/c18-10-14-17(20-21-19-14)13-7-8-15(24-9-3-6-16(22)23)12-5-2-1-4-11(12)13;16-7-12-15(18-19-17-12)11-5-6-13(22-8-14(20)21)10-4-2-1-3-9(10)11;14-8-11-13(16-17-15-11)9-3-5-10(6-4-9)20-7-1-2-12(18)19/h1-2,4-5,7-8H,3,6,9H2,(H,22,23)(H,19,20,21);1-6H,8H2,(H,20,21)(H,17,18,19);3-6H,1-2,7H2,(H,18,19)(H,15,16,17). The number of fused-ring (bicyclic) bond motifs is 2. The number of ether oxygens (including phenoxy) is 3. The molecule has 0 spiro atoms. The molecule has 66 heavy (non-hydrogen) atoms. The van der Waals surface area contributed by atoms with Gasteiger partial charge in [0.1, 0.15) is 52.5 Å². The highest BCUT2D eigenvalue weighted by molar-refractivity contribution is 6.01. The molecule has 21 heteroatoms. The quantitative estimate of drug-likeness (QED) is 0.0580. The van der Waals surface area contributed by atoms with E-state index in [-0.39, 0.29) is 29.9 Å². The van der Waals surface area contributed by atoms with Crippen LogP contribution >= 0.6 is 0 Å². The number of nitrogens with zero attached hydrogens (tertiary/aromatic N) is 9. The van der Waals surface area contributed by atoms with Gasteiger partial charge in [-0.2, -0.15) is 46.7 Å². The van der Waals surface area contributed by atoms with Crippen molar-refractivity contribution in [1.82, 2.24) is 46.2 Å². The number of carboxylic acid groups (broad SMARTS) is 3. The van der Waals surface area contributed by atoms with Crippen molar-refractivity contribution in [2.45, 2.75) is 25.7 Å². The molecular weight excluding hydrogens is 853 g/mol. The van der Waals surface area contributed by atoms with Gasteiger partial charge in [0, 0.05) is 40.3 Å². The second-order valence-electron chi connectivity index (χ2n) is 13.6. The molecule has 5 aromatic carbocycles. The number of H-pyrrole nitrogens is 3. The Morgan fingerprint density at radius 1 is 0.485 bits per heavy atom. The summed E-state index contributed by atoms with van der Waals surface area (Å²) >= 11 is 0. The fraction of sp³-hybridized carbons (Fsp3) is 0.156. The summed E-state index contributed by atoms with van der Waals surface area (Å²) in [6.07, 6.45) is 1.05. The molecule has 3 aromatic heterocycles. The zero-order chi connectivity index (χ0) is 46.8. The van der Waals surface area contributed by atoms with Gasteiger partial charge in [0.15, 0.2) is 23.7 Å². The van der Waals surface area contributed by atoms with E-state index in [1.54, 1.807) is 42.5 Å². The van der Waals surface area contributed by atoms with Gasteiger partial charge in [0.2, 0.25) is 0 Å². The van der Waals surface area contributed by atoms with Crippen molar-refractivity contribution in [2.75, 3.05) is 19.8 Å². The Kier molecular flexibility index (Phi) is 15.6. The summed E-state index contributed by atoms with van der Waals surface area (Å²) in [5.41, 5.74) is 4.37. The minimum absolute atomic E-state index is 0.0699. The SMILES string of the molecule is N#Cc1n[nH]nc1-c1ccc(OCC(=O)O)c2ccccc12.N#Cc1n[nH]nc1-c1ccc(OCCCC(=O)O)c2ccccc12.N#Cc1n[nH]nc1-c1ccc(OCCCC(=O)O)cc1. The average Bonchev–Trinajstić information content (AvgIpc) is 4.13. The molecule has 8 rings (SSSR count). The van der Waals surface area contributed by atoms with Gasteiger partial charge in [-0.25, -0.2) is 4.79 Å². The summed E-state index contributed by atoms with van der Waals surface area (Å²) in [4.78, 5) is 31.6. The fourth-order valence-electron chi connectivity index (χ4n) is 6.38. The molecule has 21 nitrogen and oxygen atoms in total. The van der Waals surface area contributed by atoms with Gasteiger partial charge in [0.25, 0.3) is 0 Å². The third-order valence-electron chi connectivity index (χ3n) is 9.31. The number of hydrogen-bond donors (Lipinski definition) is 6. The van der Waals surface area contributed by atoms with E-state index in [4.69, 9.17) is 45.3 Å². The lowest BCUT2D eigenvalue weighted by molar-refractivity contribution is -0.139. The van der Waals surface area contributed by atoms with Crippen LogP contribution in [0.4, 0.5) is 0 Å². The molecule has 330 valence electrons. The maximum Gasteiger partial charge on any atom is 0.341 e. The molecular formula is C45H36N12O9. The van der Waals surface area contributed by atoms with Gasteiger partial charge in [-0.05, 0) is 72.1 Å². The first kappa shape index (κ1) is 45.8. The zero-order valence-electron chi connectivity index (χ0n) is 34.5. The number of aromatic nitrogens is 9. The monoisotopic (exact) mass is 888 g/mol. The van der Waals surface area contributed by atoms with Crippen molar-refractivity contribution in [1.29, 1.82) is 15.8 Å². The number of nitriles is 3. The zero-order valence-corrected chi connectivity index (χ0v) is 34.5. The Balaban J connectivity index is 0.000000164. The van der Waals surface area contributed by atoms with E-state index in [0.717, 1.165) is 38.2 Å². The van der Waals surface area contributed by atoms with Gasteiger partial charge >= 0.3 is 17.9 Å². The van der Waals surface area contributed by atoms with Gasteiger partial charge in [-0.15, -0.1) is 15.3 Å². The van der Waals surface area contributed by atoms with Crippen LogP contribution in [0.5, 0.6) is 17.2 Å². The highest BCUT2D eigenvalue weighted by Gasteiger charge is 2.17. The number of benzene rings is 5. The summed E-state index contributed by atoms with van der Waals surface area (Å²) in [5.74, 6) is -0.948. The number of hydrogen-bond acceptors (Lipinski definition) is 15. The fourth-order valence-corrected chi connectivity index (χ4v) is 6.38. The number of rotatable bonds is 16. The van der Waals surface area contributed by atoms with Crippen molar-refractivity contribution >= 4 is 39.5 Å². The van der Waals surface area contributed by atoms with Crippen LogP contribution in [0, 0.1) is 34.0 Å². The molecule has 0 bridgehead atoms. The van der Waals surface area contributed by atoms with Gasteiger partial charge in [-0.1, -0.05) is 48.5 Å². The summed E-state index contributed by atoms with van der Waals surface area (Å²) in [5, 5.41) is 87.0. The molecule has 0 fully saturated rings. The first-order valence-corrected chi connectivity index (χ1v) is 19.7. The highest BCUT2D eigenvalue weighted by atomic mass is 16.5. The van der Waals surface area contributed by atoms with Gasteiger partial charge < -0.3 is 29.5 Å². The third kappa shape index (κ3) is 11.6. The number of aliphatic carboxylic acids is 3. The predicted octanol–water partition coefficient (Wildman–Crippen LogP) is 6.29. The van der Waals surface area contributed by atoms with Crippen molar-refractivity contribution in [3.63, 3.8) is 0 Å². The van der Waals surface area contributed by atoms with E-state index < -0.39 is 24.5 Å². The highest BCUT2D eigenvalue weighted by Crippen LogP contribution is 2.36. The molecule has 8 aromatic rings. The van der Waals surface area contributed by atoms with E-state index in [1.807, 2.05) is 72.8 Å². The molecule has 0 aliphatic heterocycles. The third-order valence-corrected chi connectivity index (χ3v) is 9.31. The van der Waals surface area contributed by atoms with Gasteiger partial charge in [0.05, 0.1) is 13.2 Å². The average molecular weight is 889 g/mol. The summed E-state index contributed by atoms with van der Waals surface area (Å²) in [7, 11) is 0. The van der Waals surface area contributed by atoms with Crippen molar-refractivity contribution in [3.8, 4) is 69.2 Å². The van der Waals surface area contributed by atoms with Crippen molar-refractivity contribution in [3.05, 3.63) is 114 Å². The van der Waals surface area contributed by atoms with Crippen LogP contribution in [0.3, 0.4) is 0 Å². The molecule has 0 saturated heterocycles. The lowest BCUT2D eigenvalue weighted by Crippen LogP contribution is -2.09. The van der Waals surface area contributed by atoms with E-state index in [1.165, 1.54) is 0 Å². The summed E-state index contributed by atoms with van der Waals surface area (Å²) in [6, 6.07) is 35.0. The van der Waals surface area contributed by atoms with Crippen LogP contribution in [-0.2, 0) is 14.4 Å². The molecule has 0 atom stereocenters. The molecule has 0 amide bonds. The number of nitrogens with one attached hydrogen (secondary N) is 3. The molecule has 0 saturated carbocycles. The molecule has 0 aliphatic carbocycles. The predicted molar refractivity (Wildman–Crippen MR) is 232 cm³/mol. The first-order valence-electron chi connectivity index (χ1n) is 19.7. The molecule has 6 N–H and O–H groups in total. The Morgan fingerprint density at radius 2 is 0.909 bits per heavy atom. The van der Waals surface area contributed by atoms with E-state index in [9.17, 15) is 14.4 Å². The minimum atomic E-state index is -1.04. The lowest BCUT2D eigenvalue weighted by atomic mass is 10.0. The van der Waals surface area contributed by atoms with Crippen LogP contribution in [-0.4, -0.2) is 99.3 Å². The van der Waals surface area contributed by atoms with Gasteiger partial charge in [-0.3, -0.25) is 9.59 Å². The molecule has 0 aliphatic rings. The Labute approximate surface area is 373 Å². The topological polar surface area (TPSA) is 336 Å². The lowest BCUT2D eigenvalue weighted by Gasteiger charge is -2.11. The summed E-state index contributed by atoms with van der Waals surface area (Å²) < 4.78 is 16.4. The largest absolute Gasteiger partial charge is 0.494 e. The van der Waals surface area contributed by atoms with Crippen molar-refractivity contribution in [2.24, 2.45) is 0 Å². The number of carbonyl (C=O) groups is 3. The van der Waals surface area contributed by atoms with E-state index >= 15 is 0 Å². The molecule has 3 heterocycles.